The van der Waals surface area contributed by atoms with Crippen LogP contribution in [0.25, 0.3) is 55.3 Å². The Morgan fingerprint density at radius 2 is 1.44 bits per heavy atom. The van der Waals surface area contributed by atoms with Crippen molar-refractivity contribution < 1.29 is 30.8 Å². The minimum absolute atomic E-state index is 0.0600. The molecule has 0 saturated carbocycles. The fourth-order valence-electron chi connectivity index (χ4n) is 8.13. The Hall–Kier alpha value is -5.19. The van der Waals surface area contributed by atoms with E-state index in [2.05, 4.69) is 50.9 Å². The van der Waals surface area contributed by atoms with Crippen LogP contribution in [0.5, 0.6) is 0 Å². The van der Waals surface area contributed by atoms with Gasteiger partial charge in [0.2, 0.25) is 5.78 Å². The Morgan fingerprint density at radius 1 is 0.740 bits per heavy atom. The highest BCUT2D eigenvalue weighted by Crippen LogP contribution is 2.43. The van der Waals surface area contributed by atoms with E-state index < -0.39 is 41.2 Å². The van der Waals surface area contributed by atoms with Crippen LogP contribution >= 0.6 is 0 Å². The van der Waals surface area contributed by atoms with Gasteiger partial charge < -0.3 is 4.42 Å². The molecule has 5 aromatic carbocycles. The van der Waals surface area contributed by atoms with Gasteiger partial charge in [-0.15, -0.1) is 0 Å². The van der Waals surface area contributed by atoms with Gasteiger partial charge >= 0.3 is 12.4 Å². The van der Waals surface area contributed by atoms with E-state index >= 15 is 0 Å². The first-order chi connectivity index (χ1) is 23.8. The predicted molar refractivity (Wildman–Crippen MR) is 186 cm³/mol. The molecule has 0 fully saturated rings. The van der Waals surface area contributed by atoms with Gasteiger partial charge in [0, 0.05) is 10.8 Å². The third-order valence-electron chi connectivity index (χ3n) is 10.2. The summed E-state index contributed by atoms with van der Waals surface area (Å²) in [4.78, 5) is 4.64. The summed E-state index contributed by atoms with van der Waals surface area (Å²) < 4.78 is 96.5. The number of halogens is 6. The molecule has 0 N–H and O–H groups in total. The Balaban J connectivity index is 1.56. The van der Waals surface area contributed by atoms with Gasteiger partial charge in [-0.1, -0.05) is 87.8 Å². The van der Waals surface area contributed by atoms with E-state index in [4.69, 9.17) is 4.42 Å². The van der Waals surface area contributed by atoms with Crippen LogP contribution in [0.1, 0.15) is 61.8 Å². The Labute approximate surface area is 282 Å². The number of hydrogen-bond acceptors (Lipinski definition) is 2. The van der Waals surface area contributed by atoms with Crippen molar-refractivity contribution in [1.82, 2.24) is 14.0 Å². The lowest BCUT2D eigenvalue weighted by Gasteiger charge is -2.30. The fourth-order valence-corrected chi connectivity index (χ4v) is 8.13. The van der Waals surface area contributed by atoms with Crippen LogP contribution in [0, 0.1) is 0 Å². The second-order valence-electron chi connectivity index (χ2n) is 13.8. The Kier molecular flexibility index (Phi) is 6.28. The standard InChI is InChI=1S/C39H28BF6N3O/c1-19(2)23-11-8-12-24(20(3)4)32(23)40-27-16-15-21-9-7-13-29-31(21)35(27)49(33-25-10-5-6-14-30(25)50-36(33)40)37-47-28-18-22(38(41,42)43)17-26(39(44,45)46)34(28)48(29)37/h5-20H,1-4H3. The Bertz CT molecular complexity index is 2690. The average molecular weight is 679 g/mol. The maximum Gasteiger partial charge on any atom is 0.418 e. The normalized spacial score (nSPS) is 13.7. The van der Waals surface area contributed by atoms with E-state index in [1.165, 1.54) is 4.40 Å². The molecular weight excluding hydrogens is 651 g/mol. The summed E-state index contributed by atoms with van der Waals surface area (Å²) in [7, 11) is 0. The van der Waals surface area contributed by atoms with E-state index in [9.17, 15) is 26.3 Å². The van der Waals surface area contributed by atoms with Crippen LogP contribution in [0.3, 0.4) is 0 Å². The van der Waals surface area contributed by atoms with Crippen LogP contribution < -0.4 is 16.6 Å². The lowest BCUT2D eigenvalue weighted by molar-refractivity contribution is -0.142. The second kappa shape index (κ2) is 10.2. The van der Waals surface area contributed by atoms with Gasteiger partial charge in [-0.2, -0.15) is 26.3 Å². The number of alkyl halides is 6. The van der Waals surface area contributed by atoms with Gasteiger partial charge in [-0.3, -0.25) is 8.97 Å². The lowest BCUT2D eigenvalue weighted by atomic mass is 9.35. The van der Waals surface area contributed by atoms with E-state index in [-0.39, 0.29) is 23.7 Å². The Morgan fingerprint density at radius 3 is 2.12 bits per heavy atom. The van der Waals surface area contributed by atoms with Crippen molar-refractivity contribution in [3.63, 3.8) is 0 Å². The lowest BCUT2D eigenvalue weighted by Crippen LogP contribution is -2.58. The van der Waals surface area contributed by atoms with Crippen molar-refractivity contribution in [3.05, 3.63) is 107 Å². The van der Waals surface area contributed by atoms with E-state index in [0.29, 0.717) is 39.3 Å². The number of hydrogen-bond donors (Lipinski definition) is 0. The molecule has 8 aromatic rings. The number of fused-ring (bicyclic) bond motifs is 9. The molecule has 0 bridgehead atoms. The first-order valence-electron chi connectivity index (χ1n) is 16.5. The number of furan rings is 1. The number of imidazole rings is 1. The van der Waals surface area contributed by atoms with Crippen LogP contribution in [-0.4, -0.2) is 20.7 Å². The smallest absolute Gasteiger partial charge is 0.418 e. The van der Waals surface area contributed by atoms with Crippen molar-refractivity contribution in [2.24, 2.45) is 0 Å². The number of benzene rings is 5. The summed E-state index contributed by atoms with van der Waals surface area (Å²) in [5.41, 5.74) is 3.54. The molecule has 3 aromatic heterocycles. The molecule has 4 heterocycles. The number of para-hydroxylation sites is 1. The highest BCUT2D eigenvalue weighted by molar-refractivity contribution is 6.98. The molecule has 0 radical (unpaired) electrons. The van der Waals surface area contributed by atoms with E-state index in [1.807, 2.05) is 47.0 Å². The summed E-state index contributed by atoms with van der Waals surface area (Å²) in [6.07, 6.45) is -10.1. The van der Waals surface area contributed by atoms with Gasteiger partial charge in [0.15, 0.2) is 0 Å². The number of aromatic nitrogens is 3. The van der Waals surface area contributed by atoms with Gasteiger partial charge in [0.25, 0.3) is 6.71 Å². The summed E-state index contributed by atoms with van der Waals surface area (Å²) in [5.74, 6) is 0.384. The van der Waals surface area contributed by atoms with Crippen molar-refractivity contribution in [1.29, 1.82) is 0 Å². The number of rotatable bonds is 3. The minimum atomic E-state index is -5.10. The first kappa shape index (κ1) is 30.8. The predicted octanol–water partition coefficient (Wildman–Crippen LogP) is 9.44. The molecule has 0 spiro atoms. The zero-order chi connectivity index (χ0) is 35.0. The molecule has 0 atom stereocenters. The molecule has 0 saturated heterocycles. The van der Waals surface area contributed by atoms with Crippen LogP contribution in [-0.2, 0) is 12.4 Å². The molecule has 0 unspecified atom stereocenters. The summed E-state index contributed by atoms with van der Waals surface area (Å²) in [6.45, 7) is 8.20. The van der Waals surface area contributed by atoms with Gasteiger partial charge in [-0.05, 0) is 64.1 Å². The molecule has 0 amide bonds. The van der Waals surface area contributed by atoms with E-state index in [1.54, 1.807) is 12.1 Å². The van der Waals surface area contributed by atoms with Crippen molar-refractivity contribution >= 4 is 72.9 Å². The topological polar surface area (TPSA) is 35.4 Å². The van der Waals surface area contributed by atoms with Gasteiger partial charge in [-0.25, -0.2) is 4.98 Å². The molecule has 4 nitrogen and oxygen atoms in total. The van der Waals surface area contributed by atoms with Crippen molar-refractivity contribution in [2.75, 3.05) is 0 Å². The minimum Gasteiger partial charge on any atom is -0.468 e. The molecule has 250 valence electrons. The maximum absolute atomic E-state index is 14.8. The second-order valence-corrected chi connectivity index (χ2v) is 13.8. The average Bonchev–Trinajstić information content (AvgIpc) is 3.64. The fraction of sp³-hybridized carbons (Fsp3) is 0.205. The third-order valence-corrected chi connectivity index (χ3v) is 10.2. The highest BCUT2D eigenvalue weighted by Gasteiger charge is 2.43. The quantitative estimate of drug-likeness (QED) is 0.138. The van der Waals surface area contributed by atoms with E-state index in [0.717, 1.165) is 33.0 Å². The zero-order valence-corrected chi connectivity index (χ0v) is 27.3. The molecule has 9 rings (SSSR count). The maximum atomic E-state index is 14.8. The highest BCUT2D eigenvalue weighted by atomic mass is 19.4. The van der Waals surface area contributed by atoms with Crippen molar-refractivity contribution in [3.8, 4) is 5.69 Å². The monoisotopic (exact) mass is 679 g/mol. The van der Waals surface area contributed by atoms with Gasteiger partial charge in [0.05, 0.1) is 44.5 Å². The molecular formula is C39H28BF6N3O. The van der Waals surface area contributed by atoms with Crippen LogP contribution in [0.2, 0.25) is 0 Å². The zero-order valence-electron chi connectivity index (χ0n) is 27.3. The number of nitrogens with zero attached hydrogens (tertiary/aromatic N) is 3. The van der Waals surface area contributed by atoms with Crippen molar-refractivity contribution in [2.45, 2.75) is 51.9 Å². The molecule has 50 heavy (non-hydrogen) atoms. The summed E-state index contributed by atoms with van der Waals surface area (Å²) >= 11 is 0. The van der Waals surface area contributed by atoms with Gasteiger partial charge in [0.1, 0.15) is 5.58 Å². The molecule has 11 heteroatoms. The first-order valence-corrected chi connectivity index (χ1v) is 16.5. The van der Waals surface area contributed by atoms with Crippen LogP contribution in [0.4, 0.5) is 26.3 Å². The third kappa shape index (κ3) is 4.12. The summed E-state index contributed by atoms with van der Waals surface area (Å²) in [6, 6.07) is 24.0. The molecule has 1 aliphatic heterocycles. The van der Waals surface area contributed by atoms with Crippen LogP contribution in [0.15, 0.2) is 89.3 Å². The summed E-state index contributed by atoms with van der Waals surface area (Å²) in [5, 5.41) is 2.17. The molecule has 1 aliphatic rings. The SMILES string of the molecule is CC(C)c1cccc(C(C)C)c1B1c2oc3ccccc3c2-n2c3c1ccc1cccc(c13)n1c3c(C(F)(F)F)cc(C(F)(F)F)cc3nc21. The molecule has 0 aliphatic carbocycles. The largest absolute Gasteiger partial charge is 0.468 e.